The van der Waals surface area contributed by atoms with Gasteiger partial charge in [-0.2, -0.15) is 0 Å². The van der Waals surface area contributed by atoms with Crippen molar-refractivity contribution in [3.8, 4) is 0 Å². The van der Waals surface area contributed by atoms with Gasteiger partial charge in [0.05, 0.1) is 0 Å². The van der Waals surface area contributed by atoms with Crippen LogP contribution >= 0.6 is 0 Å². The molecule has 3 N–H and O–H groups in total. The smallest absolute Gasteiger partial charge is 0.315 e. The van der Waals surface area contributed by atoms with E-state index in [1.165, 1.54) is 12.1 Å². The number of amides is 3. The number of rotatable bonds is 8. The largest absolute Gasteiger partial charge is 0.354 e. The summed E-state index contributed by atoms with van der Waals surface area (Å²) in [5, 5.41) is 8.10. The fourth-order valence-electron chi connectivity index (χ4n) is 2.70. The first kappa shape index (κ1) is 21.3. The Morgan fingerprint density at radius 3 is 2.18 bits per heavy atom. The van der Waals surface area contributed by atoms with Gasteiger partial charge in [0.15, 0.2) is 0 Å². The second-order valence-electron chi connectivity index (χ2n) is 6.85. The van der Waals surface area contributed by atoms with Gasteiger partial charge in [-0.25, -0.2) is 13.6 Å². The second-order valence-corrected chi connectivity index (χ2v) is 6.85. The summed E-state index contributed by atoms with van der Waals surface area (Å²) in [6.45, 7) is 4.20. The van der Waals surface area contributed by atoms with E-state index in [0.29, 0.717) is 12.1 Å². The highest BCUT2D eigenvalue weighted by molar-refractivity contribution is 5.87. The number of nitrogens with one attached hydrogen (secondary N) is 3. The van der Waals surface area contributed by atoms with Crippen LogP contribution in [0.3, 0.4) is 0 Å². The van der Waals surface area contributed by atoms with Gasteiger partial charge in [-0.3, -0.25) is 4.79 Å². The average molecular weight is 389 g/mol. The van der Waals surface area contributed by atoms with E-state index in [1.54, 1.807) is 0 Å². The zero-order chi connectivity index (χ0) is 20.5. The van der Waals surface area contributed by atoms with Crippen LogP contribution in [0.5, 0.6) is 0 Å². The van der Waals surface area contributed by atoms with Crippen molar-refractivity contribution in [3.63, 3.8) is 0 Å². The van der Waals surface area contributed by atoms with Crippen LogP contribution < -0.4 is 16.0 Å². The summed E-state index contributed by atoms with van der Waals surface area (Å²) in [6.07, 6.45) is 0.283. The van der Waals surface area contributed by atoms with Gasteiger partial charge in [-0.1, -0.05) is 44.2 Å². The molecule has 0 spiro atoms. The van der Waals surface area contributed by atoms with Crippen LogP contribution in [0.1, 0.15) is 25.0 Å². The summed E-state index contributed by atoms with van der Waals surface area (Å²) in [6, 6.07) is 11.5. The lowest BCUT2D eigenvalue weighted by Gasteiger charge is -2.22. The van der Waals surface area contributed by atoms with Gasteiger partial charge in [0.1, 0.15) is 17.7 Å². The van der Waals surface area contributed by atoms with Crippen LogP contribution in [0.2, 0.25) is 0 Å². The van der Waals surface area contributed by atoms with Crippen LogP contribution in [-0.2, 0) is 17.8 Å². The first-order valence-corrected chi connectivity index (χ1v) is 9.16. The zero-order valence-electron chi connectivity index (χ0n) is 16.0. The minimum atomic E-state index is -0.722. The average Bonchev–Trinajstić information content (AvgIpc) is 2.64. The summed E-state index contributed by atoms with van der Waals surface area (Å²) in [7, 11) is 0. The molecular weight excluding hydrogens is 364 g/mol. The molecule has 0 bridgehead atoms. The van der Waals surface area contributed by atoms with Crippen LogP contribution in [0.25, 0.3) is 0 Å². The molecule has 28 heavy (non-hydrogen) atoms. The quantitative estimate of drug-likeness (QED) is 0.649. The van der Waals surface area contributed by atoms with Gasteiger partial charge in [-0.15, -0.1) is 0 Å². The molecule has 0 saturated heterocycles. The summed E-state index contributed by atoms with van der Waals surface area (Å²) in [4.78, 5) is 24.5. The van der Waals surface area contributed by atoms with Crippen LogP contribution in [0, 0.1) is 17.6 Å². The predicted molar refractivity (Wildman–Crippen MR) is 104 cm³/mol. The molecule has 0 saturated carbocycles. The Balaban J connectivity index is 1.82. The number of carbonyl (C=O) groups is 2. The third-order valence-electron chi connectivity index (χ3n) is 4.17. The maximum absolute atomic E-state index is 13.2. The van der Waals surface area contributed by atoms with Gasteiger partial charge in [0.25, 0.3) is 0 Å². The molecule has 0 aromatic heterocycles. The Morgan fingerprint density at radius 1 is 0.929 bits per heavy atom. The van der Waals surface area contributed by atoms with Gasteiger partial charge in [0, 0.05) is 19.2 Å². The molecule has 2 aromatic carbocycles. The first-order chi connectivity index (χ1) is 13.3. The maximum atomic E-state index is 13.2. The standard InChI is InChI=1S/C21H25F2N3O2/c1-14(2)19(26-21(28)25-13-15-6-4-3-5-7-15)20(27)24-9-8-16-10-17(22)12-18(23)11-16/h3-7,10-12,14,19H,8-9,13H2,1-2H3,(H,24,27)(H2,25,26,28). The van der Waals surface area contributed by atoms with Crippen LogP contribution in [-0.4, -0.2) is 24.5 Å². The SMILES string of the molecule is CC(C)C(NC(=O)NCc1ccccc1)C(=O)NCCc1cc(F)cc(F)c1. The van der Waals surface area contributed by atoms with Gasteiger partial charge in [0.2, 0.25) is 5.91 Å². The Bertz CT molecular complexity index is 777. The second kappa shape index (κ2) is 10.4. The molecule has 0 aliphatic heterocycles. The molecule has 0 heterocycles. The molecule has 0 radical (unpaired) electrons. The van der Waals surface area contributed by atoms with E-state index in [9.17, 15) is 18.4 Å². The Labute approximate surface area is 163 Å². The number of hydrogen-bond acceptors (Lipinski definition) is 2. The minimum absolute atomic E-state index is 0.130. The molecule has 0 fully saturated rings. The van der Waals surface area contributed by atoms with Gasteiger partial charge < -0.3 is 16.0 Å². The molecule has 5 nitrogen and oxygen atoms in total. The predicted octanol–water partition coefficient (Wildman–Crippen LogP) is 3.15. The van der Waals surface area contributed by atoms with Crippen molar-refractivity contribution in [1.82, 2.24) is 16.0 Å². The number of hydrogen-bond donors (Lipinski definition) is 3. The van der Waals surface area contributed by atoms with Crippen molar-refractivity contribution in [2.24, 2.45) is 5.92 Å². The van der Waals surface area contributed by atoms with Crippen molar-refractivity contribution in [3.05, 3.63) is 71.3 Å². The van der Waals surface area contributed by atoms with Crippen LogP contribution in [0.15, 0.2) is 48.5 Å². The molecule has 2 aromatic rings. The molecule has 150 valence electrons. The normalized spacial score (nSPS) is 11.8. The fraction of sp³-hybridized carbons (Fsp3) is 0.333. The highest BCUT2D eigenvalue weighted by atomic mass is 19.1. The minimum Gasteiger partial charge on any atom is -0.354 e. The highest BCUT2D eigenvalue weighted by Crippen LogP contribution is 2.08. The summed E-state index contributed by atoms with van der Waals surface area (Å²) in [5.74, 6) is -1.79. The molecule has 3 amide bonds. The molecule has 1 atom stereocenters. The monoisotopic (exact) mass is 389 g/mol. The van der Waals surface area contributed by atoms with Gasteiger partial charge in [-0.05, 0) is 35.6 Å². The van der Waals surface area contributed by atoms with Gasteiger partial charge >= 0.3 is 6.03 Å². The lowest BCUT2D eigenvalue weighted by molar-refractivity contribution is -0.123. The number of halogens is 2. The molecule has 1 unspecified atom stereocenters. The Morgan fingerprint density at radius 2 is 1.57 bits per heavy atom. The van der Waals surface area contributed by atoms with Crippen molar-refractivity contribution >= 4 is 11.9 Å². The van der Waals surface area contributed by atoms with E-state index in [2.05, 4.69) is 16.0 Å². The van der Waals surface area contributed by atoms with E-state index in [1.807, 2.05) is 44.2 Å². The van der Waals surface area contributed by atoms with E-state index in [-0.39, 0.29) is 24.8 Å². The van der Waals surface area contributed by atoms with E-state index < -0.39 is 23.7 Å². The fourth-order valence-corrected chi connectivity index (χ4v) is 2.70. The topological polar surface area (TPSA) is 70.2 Å². The van der Waals surface area contributed by atoms with E-state index in [0.717, 1.165) is 11.6 Å². The summed E-state index contributed by atoms with van der Waals surface area (Å²) in [5.41, 5.74) is 1.40. The molecular formula is C21H25F2N3O2. The van der Waals surface area contributed by atoms with Crippen molar-refractivity contribution in [2.45, 2.75) is 32.9 Å². The van der Waals surface area contributed by atoms with Crippen molar-refractivity contribution in [2.75, 3.05) is 6.54 Å². The molecule has 2 rings (SSSR count). The third kappa shape index (κ3) is 6.98. The van der Waals surface area contributed by atoms with Crippen molar-refractivity contribution in [1.29, 1.82) is 0 Å². The summed E-state index contributed by atoms with van der Waals surface area (Å²) < 4.78 is 26.4. The van der Waals surface area contributed by atoms with E-state index in [4.69, 9.17) is 0 Å². The van der Waals surface area contributed by atoms with E-state index >= 15 is 0 Å². The molecule has 7 heteroatoms. The molecule has 0 aliphatic rings. The van der Waals surface area contributed by atoms with Crippen LogP contribution in [0.4, 0.5) is 13.6 Å². The number of urea groups is 1. The Kier molecular flexibility index (Phi) is 7.92. The third-order valence-corrected chi connectivity index (χ3v) is 4.17. The number of benzene rings is 2. The lowest BCUT2D eigenvalue weighted by Crippen LogP contribution is -2.52. The maximum Gasteiger partial charge on any atom is 0.315 e. The zero-order valence-corrected chi connectivity index (χ0v) is 16.0. The summed E-state index contributed by atoms with van der Waals surface area (Å²) >= 11 is 0. The number of carbonyl (C=O) groups excluding carboxylic acids is 2. The first-order valence-electron chi connectivity index (χ1n) is 9.16. The molecule has 0 aliphatic carbocycles. The Hall–Kier alpha value is -2.96. The lowest BCUT2D eigenvalue weighted by atomic mass is 10.0. The highest BCUT2D eigenvalue weighted by Gasteiger charge is 2.23. The van der Waals surface area contributed by atoms with Crippen molar-refractivity contribution < 1.29 is 18.4 Å².